The van der Waals surface area contributed by atoms with Crippen molar-refractivity contribution in [3.05, 3.63) is 29.3 Å². The third-order valence-corrected chi connectivity index (χ3v) is 5.35. The average Bonchev–Trinajstić information content (AvgIpc) is 3.08. The summed E-state index contributed by atoms with van der Waals surface area (Å²) in [4.78, 5) is 27.2. The van der Waals surface area contributed by atoms with Crippen molar-refractivity contribution in [1.29, 1.82) is 0 Å². The summed E-state index contributed by atoms with van der Waals surface area (Å²) in [5.41, 5.74) is 2.32. The van der Waals surface area contributed by atoms with Gasteiger partial charge >= 0.3 is 0 Å². The van der Waals surface area contributed by atoms with Gasteiger partial charge in [-0.25, -0.2) is 0 Å². The largest absolute Gasteiger partial charge is 0.378 e. The Balaban J connectivity index is 1.68. The van der Waals surface area contributed by atoms with Crippen molar-refractivity contribution in [3.63, 3.8) is 0 Å². The van der Waals surface area contributed by atoms with Crippen molar-refractivity contribution in [2.75, 3.05) is 25.0 Å². The van der Waals surface area contributed by atoms with Gasteiger partial charge in [-0.2, -0.15) is 0 Å². The van der Waals surface area contributed by atoms with Gasteiger partial charge < -0.3 is 15.0 Å². The summed E-state index contributed by atoms with van der Waals surface area (Å²) in [7, 11) is 0. The highest BCUT2D eigenvalue weighted by molar-refractivity contribution is 5.98. The molecule has 0 aliphatic carbocycles. The molecule has 1 N–H and O–H groups in total. The lowest BCUT2D eigenvalue weighted by molar-refractivity contribution is -0.118. The summed E-state index contributed by atoms with van der Waals surface area (Å²) in [5, 5.41) is 2.96. The van der Waals surface area contributed by atoms with Gasteiger partial charge in [0.15, 0.2) is 0 Å². The number of rotatable bonds is 4. The molecule has 26 heavy (non-hydrogen) atoms. The maximum atomic E-state index is 12.9. The minimum Gasteiger partial charge on any atom is -0.378 e. The molecule has 2 amide bonds. The van der Waals surface area contributed by atoms with E-state index in [9.17, 15) is 9.59 Å². The number of carbonyl (C=O) groups is 2. The molecule has 0 radical (unpaired) electrons. The van der Waals surface area contributed by atoms with E-state index < -0.39 is 0 Å². The van der Waals surface area contributed by atoms with Crippen LogP contribution in [0.4, 0.5) is 5.69 Å². The fourth-order valence-corrected chi connectivity index (χ4v) is 4.11. The van der Waals surface area contributed by atoms with Crippen LogP contribution in [0.3, 0.4) is 0 Å². The van der Waals surface area contributed by atoms with Gasteiger partial charge in [0, 0.05) is 30.9 Å². The van der Waals surface area contributed by atoms with Crippen LogP contribution in [0, 0.1) is 18.8 Å². The van der Waals surface area contributed by atoms with Gasteiger partial charge in [-0.1, -0.05) is 19.9 Å². The van der Waals surface area contributed by atoms with Crippen LogP contribution in [0.2, 0.25) is 0 Å². The molecule has 2 fully saturated rings. The molecule has 1 aromatic rings. The number of ether oxygens (including phenoxy) is 1. The normalized spacial score (nSPS) is 26.0. The van der Waals surface area contributed by atoms with Crippen LogP contribution >= 0.6 is 0 Å². The van der Waals surface area contributed by atoms with E-state index in [0.29, 0.717) is 23.8 Å². The van der Waals surface area contributed by atoms with Crippen LogP contribution in [0.25, 0.3) is 0 Å². The summed E-state index contributed by atoms with van der Waals surface area (Å²) in [6.07, 6.45) is 3.53. The summed E-state index contributed by atoms with van der Waals surface area (Å²) in [5.74, 6) is 1.06. The minimum absolute atomic E-state index is 0.0245. The molecule has 0 aromatic heterocycles. The van der Waals surface area contributed by atoms with Crippen molar-refractivity contribution in [2.24, 2.45) is 11.8 Å². The first-order valence-corrected chi connectivity index (χ1v) is 9.73. The number of piperidine rings is 1. The monoisotopic (exact) mass is 358 g/mol. The highest BCUT2D eigenvalue weighted by Gasteiger charge is 2.26. The Hall–Kier alpha value is -1.88. The fourth-order valence-electron chi connectivity index (χ4n) is 4.11. The molecule has 2 saturated heterocycles. The Morgan fingerprint density at radius 3 is 2.62 bits per heavy atom. The smallest absolute Gasteiger partial charge is 0.253 e. The van der Waals surface area contributed by atoms with Gasteiger partial charge in [0.1, 0.15) is 0 Å². The Morgan fingerprint density at radius 1 is 1.23 bits per heavy atom. The number of aryl methyl sites for hydroxylation is 1. The quantitative estimate of drug-likeness (QED) is 0.894. The lowest BCUT2D eigenvalue weighted by atomic mass is 9.91. The van der Waals surface area contributed by atoms with E-state index >= 15 is 0 Å². The predicted molar refractivity (Wildman–Crippen MR) is 102 cm³/mol. The molecule has 5 heteroatoms. The number of anilines is 1. The number of nitrogens with zero attached hydrogens (tertiary/aromatic N) is 1. The van der Waals surface area contributed by atoms with Crippen LogP contribution in [-0.2, 0) is 9.53 Å². The minimum atomic E-state index is -0.0511. The molecule has 2 heterocycles. The molecule has 5 nitrogen and oxygen atoms in total. The maximum Gasteiger partial charge on any atom is 0.253 e. The van der Waals surface area contributed by atoms with E-state index in [-0.39, 0.29) is 17.9 Å². The molecule has 0 spiro atoms. The van der Waals surface area contributed by atoms with Crippen LogP contribution in [0.5, 0.6) is 0 Å². The zero-order valence-electron chi connectivity index (χ0n) is 16.1. The van der Waals surface area contributed by atoms with E-state index in [1.807, 2.05) is 30.0 Å². The molecule has 3 atom stereocenters. The molecule has 2 aliphatic heterocycles. The third kappa shape index (κ3) is 4.64. The highest BCUT2D eigenvalue weighted by atomic mass is 16.5. The molecule has 3 rings (SSSR count). The lowest BCUT2D eigenvalue weighted by Crippen LogP contribution is -2.42. The second-order valence-corrected chi connectivity index (χ2v) is 8.07. The summed E-state index contributed by atoms with van der Waals surface area (Å²) >= 11 is 0. The molecule has 0 bridgehead atoms. The SMILES string of the molecule is Cc1ccc(C(=O)N2C[C@H](C)C[C@@H](C)C2)cc1NC(=O)C[C@H]1CCCO1. The number of benzene rings is 1. The third-order valence-electron chi connectivity index (χ3n) is 5.35. The molecular formula is C21H30N2O3. The Bertz CT molecular complexity index is 657. The Morgan fingerprint density at radius 2 is 1.96 bits per heavy atom. The number of hydrogen-bond acceptors (Lipinski definition) is 3. The van der Waals surface area contributed by atoms with Crippen LogP contribution in [0.15, 0.2) is 18.2 Å². The molecule has 1 aromatic carbocycles. The fraction of sp³-hybridized carbons (Fsp3) is 0.619. The second kappa shape index (κ2) is 8.21. The second-order valence-electron chi connectivity index (χ2n) is 8.07. The first kappa shape index (κ1) is 18.9. The van der Waals surface area contributed by atoms with Gasteiger partial charge in [0.05, 0.1) is 12.5 Å². The van der Waals surface area contributed by atoms with Crippen molar-refractivity contribution >= 4 is 17.5 Å². The van der Waals surface area contributed by atoms with E-state index in [1.54, 1.807) is 0 Å². The van der Waals surface area contributed by atoms with E-state index in [1.165, 1.54) is 6.42 Å². The van der Waals surface area contributed by atoms with Crippen LogP contribution in [-0.4, -0.2) is 42.5 Å². The Kier molecular flexibility index (Phi) is 5.97. The molecule has 0 unspecified atom stereocenters. The van der Waals surface area contributed by atoms with Crippen molar-refractivity contribution < 1.29 is 14.3 Å². The summed E-state index contributed by atoms with van der Waals surface area (Å²) in [6, 6.07) is 5.58. The number of nitrogens with one attached hydrogen (secondary N) is 1. The van der Waals surface area contributed by atoms with Gasteiger partial charge in [0.2, 0.25) is 5.91 Å². The molecule has 142 valence electrons. The summed E-state index contributed by atoms with van der Waals surface area (Å²) in [6.45, 7) is 8.69. The number of carbonyl (C=O) groups excluding carboxylic acids is 2. The zero-order chi connectivity index (χ0) is 18.7. The van der Waals surface area contributed by atoms with E-state index in [2.05, 4.69) is 19.2 Å². The standard InChI is InChI=1S/C21H30N2O3/c1-14-9-15(2)13-23(12-14)21(25)17-7-6-16(3)19(10-17)22-20(24)11-18-5-4-8-26-18/h6-7,10,14-15,18H,4-5,8-9,11-13H2,1-3H3,(H,22,24)/t14-,15-,18-/m1/s1. The van der Waals surface area contributed by atoms with E-state index in [0.717, 1.165) is 43.8 Å². The number of amides is 2. The summed E-state index contributed by atoms with van der Waals surface area (Å²) < 4.78 is 5.53. The molecule has 2 aliphatic rings. The van der Waals surface area contributed by atoms with E-state index in [4.69, 9.17) is 4.74 Å². The molecule has 0 saturated carbocycles. The predicted octanol–water partition coefficient (Wildman–Crippen LogP) is 3.62. The van der Waals surface area contributed by atoms with Crippen molar-refractivity contribution in [1.82, 2.24) is 4.90 Å². The first-order valence-electron chi connectivity index (χ1n) is 9.73. The number of likely N-dealkylation sites (tertiary alicyclic amines) is 1. The average molecular weight is 358 g/mol. The highest BCUT2D eigenvalue weighted by Crippen LogP contribution is 2.25. The van der Waals surface area contributed by atoms with Crippen LogP contribution in [0.1, 0.15) is 55.5 Å². The zero-order valence-corrected chi connectivity index (χ0v) is 16.1. The number of hydrogen-bond donors (Lipinski definition) is 1. The van der Waals surface area contributed by atoms with Crippen molar-refractivity contribution in [3.8, 4) is 0 Å². The van der Waals surface area contributed by atoms with Gasteiger partial charge in [-0.05, 0) is 55.7 Å². The first-order chi connectivity index (χ1) is 12.4. The topological polar surface area (TPSA) is 58.6 Å². The lowest BCUT2D eigenvalue weighted by Gasteiger charge is -2.35. The Labute approximate surface area is 156 Å². The molecular weight excluding hydrogens is 328 g/mol. The maximum absolute atomic E-state index is 12.9. The van der Waals surface area contributed by atoms with Gasteiger partial charge in [-0.3, -0.25) is 9.59 Å². The van der Waals surface area contributed by atoms with Gasteiger partial charge in [0.25, 0.3) is 5.91 Å². The van der Waals surface area contributed by atoms with Crippen molar-refractivity contribution in [2.45, 2.75) is 52.6 Å². The van der Waals surface area contributed by atoms with Crippen LogP contribution < -0.4 is 5.32 Å². The van der Waals surface area contributed by atoms with Gasteiger partial charge in [-0.15, -0.1) is 0 Å².